The molecule has 0 bridgehead atoms. The Bertz CT molecular complexity index is 975. The first-order chi connectivity index (χ1) is 12.5. The number of nitro benzene ring substituents is 1. The van der Waals surface area contributed by atoms with Crippen LogP contribution in [0.2, 0.25) is 5.02 Å². The van der Waals surface area contributed by atoms with Crippen LogP contribution < -0.4 is 10.1 Å². The normalized spacial score (nSPS) is 10.5. The molecule has 1 N–H and O–H groups in total. The highest BCUT2D eigenvalue weighted by atomic mass is 35.5. The Hall–Kier alpha value is -3.12. The summed E-state index contributed by atoms with van der Waals surface area (Å²) in [5.74, 6) is 0.144. The van der Waals surface area contributed by atoms with Gasteiger partial charge in [-0.3, -0.25) is 14.9 Å². The first-order valence-electron chi connectivity index (χ1n) is 7.88. The van der Waals surface area contributed by atoms with E-state index in [1.165, 1.54) is 12.1 Å². The Morgan fingerprint density at radius 1 is 1.08 bits per heavy atom. The lowest BCUT2D eigenvalue weighted by Gasteiger charge is -2.09. The maximum atomic E-state index is 12.2. The van der Waals surface area contributed by atoms with Gasteiger partial charge < -0.3 is 10.1 Å². The second-order valence-corrected chi connectivity index (χ2v) is 5.97. The fraction of sp³-hybridized carbons (Fsp3) is 0.105. The molecule has 0 saturated heterocycles. The van der Waals surface area contributed by atoms with Crippen LogP contribution in [-0.4, -0.2) is 24.0 Å². The van der Waals surface area contributed by atoms with Crippen molar-refractivity contribution in [2.24, 2.45) is 0 Å². The van der Waals surface area contributed by atoms with E-state index in [1.54, 1.807) is 0 Å². The summed E-state index contributed by atoms with van der Waals surface area (Å²) in [6.45, 7) is 0.455. The Balaban J connectivity index is 1.57. The van der Waals surface area contributed by atoms with E-state index in [2.05, 4.69) is 5.32 Å². The summed E-state index contributed by atoms with van der Waals surface area (Å²) in [4.78, 5) is 22.6. The van der Waals surface area contributed by atoms with E-state index in [0.717, 1.165) is 16.8 Å². The van der Waals surface area contributed by atoms with Gasteiger partial charge >= 0.3 is 0 Å². The number of hydrogen-bond acceptors (Lipinski definition) is 4. The standard InChI is InChI=1S/C19H15ClN2O4/c20-15-6-8-17(18(12-15)22(24)25)19(23)21-9-10-26-16-7-5-13-3-1-2-4-14(13)11-16/h1-8,11-12H,9-10H2,(H,21,23). The molecule has 0 heterocycles. The van der Waals surface area contributed by atoms with Gasteiger partial charge in [0.1, 0.15) is 17.9 Å². The quantitative estimate of drug-likeness (QED) is 0.400. The van der Waals surface area contributed by atoms with Crippen molar-refractivity contribution < 1.29 is 14.5 Å². The molecule has 3 aromatic carbocycles. The number of nitrogens with one attached hydrogen (secondary N) is 1. The number of carbonyl (C=O) groups excluding carboxylic acids is 1. The van der Waals surface area contributed by atoms with Gasteiger partial charge in [0.25, 0.3) is 11.6 Å². The van der Waals surface area contributed by atoms with Gasteiger partial charge in [0.05, 0.1) is 11.5 Å². The fourth-order valence-electron chi connectivity index (χ4n) is 2.53. The van der Waals surface area contributed by atoms with Gasteiger partial charge in [0.15, 0.2) is 0 Å². The first-order valence-corrected chi connectivity index (χ1v) is 8.26. The molecule has 0 unspecified atom stereocenters. The maximum Gasteiger partial charge on any atom is 0.283 e. The van der Waals surface area contributed by atoms with Gasteiger partial charge in [-0.05, 0) is 35.0 Å². The predicted octanol–water partition coefficient (Wildman–Crippen LogP) is 4.21. The van der Waals surface area contributed by atoms with Crippen LogP contribution in [0, 0.1) is 10.1 Å². The number of carbonyl (C=O) groups is 1. The van der Waals surface area contributed by atoms with Crippen LogP contribution in [-0.2, 0) is 0 Å². The molecule has 3 aromatic rings. The van der Waals surface area contributed by atoms with E-state index in [4.69, 9.17) is 16.3 Å². The van der Waals surface area contributed by atoms with Crippen molar-refractivity contribution in [1.29, 1.82) is 0 Å². The highest BCUT2D eigenvalue weighted by Crippen LogP contribution is 2.23. The van der Waals surface area contributed by atoms with Crippen LogP contribution in [0.25, 0.3) is 10.8 Å². The second-order valence-electron chi connectivity index (χ2n) is 5.53. The number of nitrogens with zero attached hydrogens (tertiary/aromatic N) is 1. The number of hydrogen-bond donors (Lipinski definition) is 1. The van der Waals surface area contributed by atoms with Crippen LogP contribution >= 0.6 is 11.6 Å². The number of halogens is 1. The summed E-state index contributed by atoms with van der Waals surface area (Å²) in [6.07, 6.45) is 0. The van der Waals surface area contributed by atoms with Gasteiger partial charge in [-0.2, -0.15) is 0 Å². The number of rotatable bonds is 6. The van der Waals surface area contributed by atoms with Crippen molar-refractivity contribution in [3.63, 3.8) is 0 Å². The third-order valence-electron chi connectivity index (χ3n) is 3.78. The van der Waals surface area contributed by atoms with E-state index in [9.17, 15) is 14.9 Å². The highest BCUT2D eigenvalue weighted by molar-refractivity contribution is 6.31. The van der Waals surface area contributed by atoms with E-state index in [-0.39, 0.29) is 29.4 Å². The molecule has 132 valence electrons. The van der Waals surface area contributed by atoms with E-state index < -0.39 is 10.8 Å². The molecule has 0 aliphatic heterocycles. The third kappa shape index (κ3) is 4.10. The number of amides is 1. The van der Waals surface area contributed by atoms with Gasteiger partial charge in [-0.15, -0.1) is 0 Å². The zero-order chi connectivity index (χ0) is 18.5. The zero-order valence-electron chi connectivity index (χ0n) is 13.6. The molecule has 6 nitrogen and oxygen atoms in total. The van der Waals surface area contributed by atoms with Gasteiger partial charge in [-0.1, -0.05) is 41.9 Å². The molecule has 0 atom stereocenters. The average Bonchev–Trinajstić information content (AvgIpc) is 2.64. The lowest BCUT2D eigenvalue weighted by Crippen LogP contribution is -2.28. The summed E-state index contributed by atoms with van der Waals surface area (Å²) in [6, 6.07) is 17.6. The number of fused-ring (bicyclic) bond motifs is 1. The molecule has 0 fully saturated rings. The summed E-state index contributed by atoms with van der Waals surface area (Å²) < 4.78 is 5.63. The smallest absolute Gasteiger partial charge is 0.283 e. The lowest BCUT2D eigenvalue weighted by molar-refractivity contribution is -0.385. The van der Waals surface area contributed by atoms with Crippen LogP contribution in [0.1, 0.15) is 10.4 Å². The Morgan fingerprint density at radius 2 is 1.85 bits per heavy atom. The molecule has 0 radical (unpaired) electrons. The van der Waals surface area contributed by atoms with E-state index >= 15 is 0 Å². The predicted molar refractivity (Wildman–Crippen MR) is 99.9 cm³/mol. The zero-order valence-corrected chi connectivity index (χ0v) is 14.4. The summed E-state index contributed by atoms with van der Waals surface area (Å²) in [5, 5.41) is 16.0. The van der Waals surface area contributed by atoms with E-state index in [1.807, 2.05) is 42.5 Å². The van der Waals surface area contributed by atoms with Crippen molar-refractivity contribution in [3.8, 4) is 5.75 Å². The number of ether oxygens (including phenoxy) is 1. The lowest BCUT2D eigenvalue weighted by atomic mass is 10.1. The molecule has 0 aromatic heterocycles. The molecule has 26 heavy (non-hydrogen) atoms. The molecule has 1 amide bonds. The van der Waals surface area contributed by atoms with E-state index in [0.29, 0.717) is 5.75 Å². The molecular formula is C19H15ClN2O4. The van der Waals surface area contributed by atoms with Crippen molar-refractivity contribution in [2.45, 2.75) is 0 Å². The number of benzene rings is 3. The molecule has 0 spiro atoms. The van der Waals surface area contributed by atoms with Crippen molar-refractivity contribution in [2.75, 3.05) is 13.2 Å². The Morgan fingerprint density at radius 3 is 2.62 bits per heavy atom. The maximum absolute atomic E-state index is 12.2. The minimum absolute atomic E-state index is 0.0369. The Labute approximate surface area is 154 Å². The van der Waals surface area contributed by atoms with Crippen molar-refractivity contribution >= 4 is 34.0 Å². The molecule has 3 rings (SSSR count). The van der Waals surface area contributed by atoms with Crippen LogP contribution in [0.15, 0.2) is 60.7 Å². The summed E-state index contributed by atoms with van der Waals surface area (Å²) in [5.41, 5.74) is -0.365. The van der Waals surface area contributed by atoms with Crippen LogP contribution in [0.3, 0.4) is 0 Å². The SMILES string of the molecule is O=C(NCCOc1ccc2ccccc2c1)c1ccc(Cl)cc1[N+](=O)[O-]. The van der Waals surface area contributed by atoms with Crippen LogP contribution in [0.4, 0.5) is 5.69 Å². The van der Waals surface area contributed by atoms with Gasteiger partial charge in [0.2, 0.25) is 0 Å². The van der Waals surface area contributed by atoms with Crippen LogP contribution in [0.5, 0.6) is 5.75 Å². The van der Waals surface area contributed by atoms with Gasteiger partial charge in [-0.25, -0.2) is 0 Å². The molecule has 0 aliphatic rings. The molecule has 7 heteroatoms. The minimum atomic E-state index is -0.633. The highest BCUT2D eigenvalue weighted by Gasteiger charge is 2.20. The minimum Gasteiger partial charge on any atom is -0.492 e. The van der Waals surface area contributed by atoms with Gasteiger partial charge in [0, 0.05) is 11.1 Å². The monoisotopic (exact) mass is 370 g/mol. The molecule has 0 aliphatic carbocycles. The summed E-state index contributed by atoms with van der Waals surface area (Å²) in [7, 11) is 0. The van der Waals surface area contributed by atoms with Crippen molar-refractivity contribution in [3.05, 3.63) is 81.4 Å². The third-order valence-corrected chi connectivity index (χ3v) is 4.01. The molecule has 0 saturated carbocycles. The first kappa shape index (κ1) is 17.7. The number of nitro groups is 1. The average molecular weight is 371 g/mol. The molecular weight excluding hydrogens is 356 g/mol. The Kier molecular flexibility index (Phi) is 5.34. The summed E-state index contributed by atoms with van der Waals surface area (Å²) >= 11 is 5.75. The van der Waals surface area contributed by atoms with Crippen molar-refractivity contribution in [1.82, 2.24) is 5.32 Å². The largest absolute Gasteiger partial charge is 0.492 e. The topological polar surface area (TPSA) is 81.5 Å². The second kappa shape index (κ2) is 7.84. The fourth-order valence-corrected chi connectivity index (χ4v) is 2.70.